The third-order valence-electron chi connectivity index (χ3n) is 4.04. The SMILES string of the molecule is CC1(C(=O)N(CCC(=O)O)C2CC2)CCNCC1. The van der Waals surface area contributed by atoms with Gasteiger partial charge in [-0.15, -0.1) is 0 Å². The first kappa shape index (κ1) is 13.3. The van der Waals surface area contributed by atoms with Gasteiger partial charge in [0, 0.05) is 18.0 Å². The summed E-state index contributed by atoms with van der Waals surface area (Å²) in [4.78, 5) is 25.1. The molecule has 1 saturated heterocycles. The molecule has 2 fully saturated rings. The van der Waals surface area contributed by atoms with Gasteiger partial charge in [0.2, 0.25) is 5.91 Å². The van der Waals surface area contributed by atoms with Crippen molar-refractivity contribution in [3.05, 3.63) is 0 Å². The molecule has 0 aromatic rings. The van der Waals surface area contributed by atoms with Gasteiger partial charge in [0.05, 0.1) is 6.42 Å². The molecule has 5 nitrogen and oxygen atoms in total. The molecule has 1 aliphatic carbocycles. The fraction of sp³-hybridized carbons (Fsp3) is 0.846. The molecule has 1 amide bonds. The lowest BCUT2D eigenvalue weighted by Crippen LogP contribution is -2.49. The number of nitrogens with one attached hydrogen (secondary N) is 1. The van der Waals surface area contributed by atoms with Gasteiger partial charge in [-0.05, 0) is 38.8 Å². The smallest absolute Gasteiger partial charge is 0.305 e. The standard InChI is InChI=1S/C13H22N2O3/c1-13(5-7-14-8-6-13)12(18)15(10-2-3-10)9-4-11(16)17/h10,14H,2-9H2,1H3,(H,16,17). The Hall–Kier alpha value is -1.10. The molecule has 2 N–H and O–H groups in total. The predicted molar refractivity (Wildman–Crippen MR) is 67.2 cm³/mol. The number of amides is 1. The number of hydrogen-bond donors (Lipinski definition) is 2. The van der Waals surface area contributed by atoms with Gasteiger partial charge < -0.3 is 15.3 Å². The van der Waals surface area contributed by atoms with Crippen molar-refractivity contribution in [2.24, 2.45) is 5.41 Å². The number of hydrogen-bond acceptors (Lipinski definition) is 3. The first-order valence-corrected chi connectivity index (χ1v) is 6.76. The second-order valence-corrected chi connectivity index (χ2v) is 5.68. The number of rotatable bonds is 5. The summed E-state index contributed by atoms with van der Waals surface area (Å²) in [5.74, 6) is -0.670. The van der Waals surface area contributed by atoms with Crippen LogP contribution < -0.4 is 5.32 Å². The van der Waals surface area contributed by atoms with Crippen molar-refractivity contribution in [1.82, 2.24) is 10.2 Å². The van der Waals surface area contributed by atoms with Crippen molar-refractivity contribution in [3.63, 3.8) is 0 Å². The Bertz CT molecular complexity index is 333. The van der Waals surface area contributed by atoms with Crippen LogP contribution in [0.4, 0.5) is 0 Å². The van der Waals surface area contributed by atoms with E-state index >= 15 is 0 Å². The first-order chi connectivity index (χ1) is 8.53. The maximum Gasteiger partial charge on any atom is 0.305 e. The van der Waals surface area contributed by atoms with Crippen molar-refractivity contribution in [1.29, 1.82) is 0 Å². The highest BCUT2D eigenvalue weighted by atomic mass is 16.4. The summed E-state index contributed by atoms with van der Waals surface area (Å²) in [6, 6.07) is 0.295. The zero-order valence-electron chi connectivity index (χ0n) is 10.9. The summed E-state index contributed by atoms with van der Waals surface area (Å²) >= 11 is 0. The highest BCUT2D eigenvalue weighted by Gasteiger charge is 2.42. The molecule has 102 valence electrons. The minimum absolute atomic E-state index is 0.0522. The lowest BCUT2D eigenvalue weighted by Gasteiger charge is -2.37. The Labute approximate surface area is 108 Å². The number of aliphatic carboxylic acids is 1. The van der Waals surface area contributed by atoms with Crippen molar-refractivity contribution >= 4 is 11.9 Å². The van der Waals surface area contributed by atoms with E-state index < -0.39 is 5.97 Å². The van der Waals surface area contributed by atoms with Crippen LogP contribution in [0.5, 0.6) is 0 Å². The van der Waals surface area contributed by atoms with Crippen LogP contribution in [-0.4, -0.2) is 47.6 Å². The Morgan fingerprint density at radius 3 is 2.44 bits per heavy atom. The summed E-state index contributed by atoms with van der Waals surface area (Å²) in [7, 11) is 0. The summed E-state index contributed by atoms with van der Waals surface area (Å²) in [6.45, 7) is 4.13. The maximum atomic E-state index is 12.6. The third kappa shape index (κ3) is 3.02. The fourth-order valence-corrected chi connectivity index (χ4v) is 2.59. The van der Waals surface area contributed by atoms with E-state index in [0.29, 0.717) is 12.6 Å². The van der Waals surface area contributed by atoms with Gasteiger partial charge in [-0.3, -0.25) is 9.59 Å². The third-order valence-corrected chi connectivity index (χ3v) is 4.04. The monoisotopic (exact) mass is 254 g/mol. The van der Waals surface area contributed by atoms with Crippen molar-refractivity contribution in [3.8, 4) is 0 Å². The van der Waals surface area contributed by atoms with Gasteiger partial charge in [-0.2, -0.15) is 0 Å². The number of nitrogens with zero attached hydrogens (tertiary/aromatic N) is 1. The summed E-state index contributed by atoms with van der Waals surface area (Å²) in [5.41, 5.74) is -0.299. The summed E-state index contributed by atoms with van der Waals surface area (Å²) < 4.78 is 0. The molecular weight excluding hydrogens is 232 g/mol. The Morgan fingerprint density at radius 2 is 1.94 bits per heavy atom. The highest BCUT2D eigenvalue weighted by molar-refractivity contribution is 5.83. The minimum Gasteiger partial charge on any atom is -0.481 e. The van der Waals surface area contributed by atoms with E-state index in [4.69, 9.17) is 5.11 Å². The van der Waals surface area contributed by atoms with Crippen molar-refractivity contribution < 1.29 is 14.7 Å². The molecule has 2 aliphatic rings. The van der Waals surface area contributed by atoms with Crippen LogP contribution in [0.3, 0.4) is 0 Å². The minimum atomic E-state index is -0.830. The van der Waals surface area contributed by atoms with Gasteiger partial charge in [0.1, 0.15) is 0 Å². The molecule has 0 bridgehead atoms. The zero-order valence-corrected chi connectivity index (χ0v) is 10.9. The molecule has 0 unspecified atom stereocenters. The normalized spacial score (nSPS) is 22.5. The van der Waals surface area contributed by atoms with E-state index in [0.717, 1.165) is 38.8 Å². The van der Waals surface area contributed by atoms with E-state index in [1.165, 1.54) is 0 Å². The molecule has 1 aliphatic heterocycles. The predicted octanol–water partition coefficient (Wildman–Crippen LogP) is 0.842. The van der Waals surface area contributed by atoms with E-state index in [1.807, 2.05) is 11.8 Å². The van der Waals surface area contributed by atoms with Gasteiger partial charge in [0.15, 0.2) is 0 Å². The number of carboxylic acid groups (broad SMARTS) is 1. The van der Waals surface area contributed by atoms with E-state index in [-0.39, 0.29) is 17.7 Å². The number of piperidine rings is 1. The quantitative estimate of drug-likeness (QED) is 0.763. The average Bonchev–Trinajstić information content (AvgIpc) is 3.14. The average molecular weight is 254 g/mol. The molecule has 1 saturated carbocycles. The van der Waals surface area contributed by atoms with Crippen LogP contribution >= 0.6 is 0 Å². The van der Waals surface area contributed by atoms with Gasteiger partial charge in [-0.25, -0.2) is 0 Å². The Morgan fingerprint density at radius 1 is 1.33 bits per heavy atom. The fourth-order valence-electron chi connectivity index (χ4n) is 2.59. The topological polar surface area (TPSA) is 69.6 Å². The number of carbonyl (C=O) groups excluding carboxylic acids is 1. The summed E-state index contributed by atoms with van der Waals surface area (Å²) in [6.07, 6.45) is 3.81. The molecule has 2 rings (SSSR count). The summed E-state index contributed by atoms with van der Waals surface area (Å²) in [5, 5.41) is 12.0. The molecule has 18 heavy (non-hydrogen) atoms. The molecule has 0 radical (unpaired) electrons. The largest absolute Gasteiger partial charge is 0.481 e. The Kier molecular flexibility index (Phi) is 3.90. The lowest BCUT2D eigenvalue weighted by atomic mass is 9.79. The molecule has 1 heterocycles. The zero-order chi connectivity index (χ0) is 13.2. The van der Waals surface area contributed by atoms with E-state index in [2.05, 4.69) is 5.32 Å². The van der Waals surface area contributed by atoms with E-state index in [9.17, 15) is 9.59 Å². The van der Waals surface area contributed by atoms with Crippen LogP contribution in [0.25, 0.3) is 0 Å². The maximum absolute atomic E-state index is 12.6. The van der Waals surface area contributed by atoms with Gasteiger partial charge in [0.25, 0.3) is 0 Å². The lowest BCUT2D eigenvalue weighted by molar-refractivity contribution is -0.145. The second-order valence-electron chi connectivity index (χ2n) is 5.68. The van der Waals surface area contributed by atoms with Crippen LogP contribution in [0.2, 0.25) is 0 Å². The molecular formula is C13H22N2O3. The molecule has 0 spiro atoms. The van der Waals surface area contributed by atoms with Crippen LogP contribution in [0, 0.1) is 5.41 Å². The van der Waals surface area contributed by atoms with Crippen molar-refractivity contribution in [2.45, 2.75) is 45.1 Å². The van der Waals surface area contributed by atoms with Gasteiger partial charge >= 0.3 is 5.97 Å². The van der Waals surface area contributed by atoms with Crippen LogP contribution in [0.1, 0.15) is 39.0 Å². The second kappa shape index (κ2) is 5.26. The van der Waals surface area contributed by atoms with E-state index in [1.54, 1.807) is 0 Å². The van der Waals surface area contributed by atoms with Crippen LogP contribution in [0.15, 0.2) is 0 Å². The first-order valence-electron chi connectivity index (χ1n) is 6.76. The molecule has 0 aromatic carbocycles. The number of carbonyl (C=O) groups is 2. The number of carboxylic acids is 1. The van der Waals surface area contributed by atoms with Gasteiger partial charge in [-0.1, -0.05) is 6.92 Å². The van der Waals surface area contributed by atoms with Crippen LogP contribution in [-0.2, 0) is 9.59 Å². The Balaban J connectivity index is 2.00. The molecule has 0 atom stereocenters. The molecule has 5 heteroatoms. The molecule has 0 aromatic heterocycles. The highest BCUT2D eigenvalue weighted by Crippen LogP contribution is 2.35. The van der Waals surface area contributed by atoms with Crippen molar-refractivity contribution in [2.75, 3.05) is 19.6 Å².